The van der Waals surface area contributed by atoms with E-state index >= 15 is 0 Å². The third-order valence-corrected chi connectivity index (χ3v) is 5.77. The van der Waals surface area contributed by atoms with Gasteiger partial charge in [-0.1, -0.05) is 12.1 Å². The molecule has 1 fully saturated rings. The van der Waals surface area contributed by atoms with E-state index in [2.05, 4.69) is 20.9 Å². The minimum absolute atomic E-state index is 0.117. The van der Waals surface area contributed by atoms with E-state index in [1.54, 1.807) is 37.5 Å². The van der Waals surface area contributed by atoms with Gasteiger partial charge in [0.2, 0.25) is 0 Å². The van der Waals surface area contributed by atoms with Gasteiger partial charge in [0.05, 0.1) is 30.9 Å². The summed E-state index contributed by atoms with van der Waals surface area (Å²) in [6.45, 7) is 0.376. The highest BCUT2D eigenvalue weighted by Crippen LogP contribution is 2.25. The van der Waals surface area contributed by atoms with Crippen LogP contribution in [0.5, 0.6) is 0 Å². The first-order valence-corrected chi connectivity index (χ1v) is 11.5. The number of ether oxygens (including phenoxy) is 1. The first-order valence-electron chi connectivity index (χ1n) is 11.5. The van der Waals surface area contributed by atoms with Crippen molar-refractivity contribution in [2.75, 3.05) is 25.9 Å². The Balaban J connectivity index is 1.64. The maximum Gasteiger partial charge on any atom is 0.255 e. The van der Waals surface area contributed by atoms with Crippen molar-refractivity contribution < 1.29 is 19.4 Å². The Morgan fingerprint density at radius 1 is 1.26 bits per heavy atom. The maximum atomic E-state index is 13.0. The van der Waals surface area contributed by atoms with E-state index in [0.717, 1.165) is 24.8 Å². The van der Waals surface area contributed by atoms with Crippen molar-refractivity contribution in [3.05, 3.63) is 65.0 Å². The highest BCUT2D eigenvalue weighted by molar-refractivity contribution is 6.09. The van der Waals surface area contributed by atoms with Crippen LogP contribution in [0.2, 0.25) is 0 Å². The van der Waals surface area contributed by atoms with Crippen LogP contribution in [0.1, 0.15) is 51.1 Å². The molecule has 0 unspecified atom stereocenters. The van der Waals surface area contributed by atoms with Gasteiger partial charge in [0, 0.05) is 48.9 Å². The fraction of sp³-hybridized carbons (Fsp3) is 0.360. The molecule has 0 aliphatic heterocycles. The number of allylic oxidation sites excluding steroid dienone is 1. The molecule has 2 atom stereocenters. The number of nitrogen functional groups attached to an aromatic ring is 1. The van der Waals surface area contributed by atoms with Gasteiger partial charge >= 0.3 is 0 Å². The molecule has 35 heavy (non-hydrogen) atoms. The number of rotatable bonds is 11. The van der Waals surface area contributed by atoms with Crippen LogP contribution in [-0.4, -0.2) is 60.5 Å². The van der Waals surface area contributed by atoms with Crippen LogP contribution in [0.3, 0.4) is 0 Å². The highest BCUT2D eigenvalue weighted by Gasteiger charge is 2.30. The molecule has 7 N–H and O–H groups in total. The van der Waals surface area contributed by atoms with Gasteiger partial charge in [-0.2, -0.15) is 0 Å². The molecule has 1 aromatic heterocycles. The second-order valence-electron chi connectivity index (χ2n) is 8.23. The third kappa shape index (κ3) is 6.87. The SMILES string of the molecule is CN/C=C(\C=N)c1cnc(N)c(C(=O)N[C@H]2CCC[C@@H]2OCc2cccc(C(=O)NCCO)c2)c1. The number of aliphatic hydroxyl groups is 1. The molecular formula is C25H32N6O4. The van der Waals surface area contributed by atoms with Crippen molar-refractivity contribution in [1.29, 1.82) is 5.41 Å². The predicted molar refractivity (Wildman–Crippen MR) is 134 cm³/mol. The summed E-state index contributed by atoms with van der Waals surface area (Å²) in [4.78, 5) is 29.3. The molecule has 0 spiro atoms. The van der Waals surface area contributed by atoms with Gasteiger partial charge in [-0.05, 0) is 43.0 Å². The van der Waals surface area contributed by atoms with Gasteiger partial charge in [0.1, 0.15) is 5.82 Å². The summed E-state index contributed by atoms with van der Waals surface area (Å²) < 4.78 is 6.12. The lowest BCUT2D eigenvalue weighted by Gasteiger charge is -2.22. The molecule has 0 radical (unpaired) electrons. The van der Waals surface area contributed by atoms with E-state index in [1.807, 2.05) is 6.07 Å². The number of anilines is 1. The van der Waals surface area contributed by atoms with Crippen LogP contribution >= 0.6 is 0 Å². The number of benzene rings is 1. The standard InChI is InChI=1S/C25H32N6O4/c1-28-13-19(12-26)18-11-20(23(27)30-14-18)25(34)31-21-6-3-7-22(21)35-15-16-4-2-5-17(10-16)24(33)29-8-9-32/h2,4-5,10-14,21-22,26,28,32H,3,6-9,15H2,1H3,(H2,27,30)(H,29,33)(H,31,34)/b19-13+,26-12?/t21-,22-/m0/s1. The summed E-state index contributed by atoms with van der Waals surface area (Å²) in [7, 11) is 1.73. The van der Waals surface area contributed by atoms with E-state index in [9.17, 15) is 9.59 Å². The molecule has 1 aliphatic carbocycles. The quantitative estimate of drug-likeness (QED) is 0.265. The van der Waals surface area contributed by atoms with Gasteiger partial charge in [0.25, 0.3) is 11.8 Å². The second-order valence-corrected chi connectivity index (χ2v) is 8.23. The molecule has 1 aliphatic rings. The first kappa shape index (κ1) is 25.9. The van der Waals surface area contributed by atoms with E-state index in [-0.39, 0.29) is 48.5 Å². The number of hydrogen-bond donors (Lipinski definition) is 6. The Hall–Kier alpha value is -3.76. The van der Waals surface area contributed by atoms with E-state index in [4.69, 9.17) is 21.0 Å². The van der Waals surface area contributed by atoms with Crippen molar-refractivity contribution in [3.8, 4) is 0 Å². The zero-order valence-electron chi connectivity index (χ0n) is 19.7. The number of pyridine rings is 1. The summed E-state index contributed by atoms with van der Waals surface area (Å²) >= 11 is 0. The molecule has 0 bridgehead atoms. The largest absolute Gasteiger partial charge is 0.395 e. The number of aliphatic hydroxyl groups excluding tert-OH is 1. The Morgan fingerprint density at radius 3 is 2.83 bits per heavy atom. The van der Waals surface area contributed by atoms with Gasteiger partial charge in [0.15, 0.2) is 0 Å². The van der Waals surface area contributed by atoms with Crippen molar-refractivity contribution >= 4 is 29.4 Å². The summed E-state index contributed by atoms with van der Waals surface area (Å²) in [5.41, 5.74) is 8.74. The van der Waals surface area contributed by atoms with E-state index in [1.165, 1.54) is 12.4 Å². The lowest BCUT2D eigenvalue weighted by atomic mass is 10.1. The number of carbonyl (C=O) groups is 2. The zero-order valence-corrected chi connectivity index (χ0v) is 19.7. The molecule has 3 rings (SSSR count). The molecule has 10 heteroatoms. The monoisotopic (exact) mass is 480 g/mol. The molecule has 1 saturated carbocycles. The Bertz CT molecular complexity index is 1090. The number of nitrogens with zero attached hydrogens (tertiary/aromatic N) is 1. The first-order chi connectivity index (χ1) is 17.0. The Morgan fingerprint density at radius 2 is 2.09 bits per heavy atom. The van der Waals surface area contributed by atoms with Gasteiger partial charge in [-0.3, -0.25) is 9.59 Å². The van der Waals surface area contributed by atoms with Crippen molar-refractivity contribution in [3.63, 3.8) is 0 Å². The topological polar surface area (TPSA) is 162 Å². The number of carbonyl (C=O) groups excluding carboxylic acids is 2. The van der Waals surface area contributed by atoms with Crippen molar-refractivity contribution in [1.82, 2.24) is 20.9 Å². The Kier molecular flexibility index (Phi) is 9.33. The molecular weight excluding hydrogens is 448 g/mol. The highest BCUT2D eigenvalue weighted by atomic mass is 16.5. The normalized spacial score (nSPS) is 17.6. The predicted octanol–water partition coefficient (Wildman–Crippen LogP) is 1.46. The number of nitrogens with two attached hydrogens (primary N) is 1. The summed E-state index contributed by atoms with van der Waals surface area (Å²) in [6, 6.07) is 8.57. The minimum atomic E-state index is -0.339. The van der Waals surface area contributed by atoms with Gasteiger partial charge < -0.3 is 36.9 Å². The van der Waals surface area contributed by atoms with Crippen LogP contribution in [0.15, 0.2) is 42.7 Å². The maximum absolute atomic E-state index is 13.0. The summed E-state index contributed by atoms with van der Waals surface area (Å²) in [5, 5.41) is 25.0. The number of nitrogens with one attached hydrogen (secondary N) is 4. The molecule has 186 valence electrons. The van der Waals surface area contributed by atoms with Crippen LogP contribution in [0, 0.1) is 5.41 Å². The molecule has 2 aromatic rings. The van der Waals surface area contributed by atoms with Crippen LogP contribution < -0.4 is 21.7 Å². The average molecular weight is 481 g/mol. The lowest BCUT2D eigenvalue weighted by molar-refractivity contribution is 0.0272. The molecule has 0 saturated heterocycles. The average Bonchev–Trinajstić information content (AvgIpc) is 3.31. The van der Waals surface area contributed by atoms with Gasteiger partial charge in [-0.25, -0.2) is 4.98 Å². The smallest absolute Gasteiger partial charge is 0.255 e. The third-order valence-electron chi connectivity index (χ3n) is 5.77. The van der Waals surface area contributed by atoms with Crippen molar-refractivity contribution in [2.45, 2.75) is 38.0 Å². The fourth-order valence-electron chi connectivity index (χ4n) is 3.99. The number of hydrogen-bond acceptors (Lipinski definition) is 8. The Labute approximate surface area is 204 Å². The minimum Gasteiger partial charge on any atom is -0.395 e. The van der Waals surface area contributed by atoms with Gasteiger partial charge in [-0.15, -0.1) is 0 Å². The van der Waals surface area contributed by atoms with E-state index in [0.29, 0.717) is 23.3 Å². The van der Waals surface area contributed by atoms with Crippen LogP contribution in [-0.2, 0) is 11.3 Å². The zero-order chi connectivity index (χ0) is 25.2. The number of amides is 2. The fourth-order valence-corrected chi connectivity index (χ4v) is 3.99. The van der Waals surface area contributed by atoms with E-state index < -0.39 is 0 Å². The number of aromatic nitrogens is 1. The van der Waals surface area contributed by atoms with Crippen molar-refractivity contribution in [2.24, 2.45) is 0 Å². The lowest BCUT2D eigenvalue weighted by Crippen LogP contribution is -2.41. The molecule has 1 heterocycles. The second kappa shape index (κ2) is 12.6. The van der Waals surface area contributed by atoms with Crippen LogP contribution in [0.4, 0.5) is 5.82 Å². The molecule has 10 nitrogen and oxygen atoms in total. The summed E-state index contributed by atoms with van der Waals surface area (Å²) in [5.74, 6) is -0.475. The van der Waals surface area contributed by atoms with Crippen LogP contribution in [0.25, 0.3) is 5.57 Å². The molecule has 1 aromatic carbocycles. The molecule has 2 amide bonds. The summed E-state index contributed by atoms with van der Waals surface area (Å²) in [6.07, 6.45) is 6.67.